The maximum Gasteiger partial charge on any atom is 0.409 e. The first-order chi connectivity index (χ1) is 14.5. The van der Waals surface area contributed by atoms with Crippen molar-refractivity contribution in [3.63, 3.8) is 0 Å². The molecule has 3 heterocycles. The summed E-state index contributed by atoms with van der Waals surface area (Å²) < 4.78 is 27.6. The molecule has 30 heavy (non-hydrogen) atoms. The van der Waals surface area contributed by atoms with Gasteiger partial charge in [-0.15, -0.1) is 0 Å². The molecule has 0 N–H and O–H groups in total. The van der Waals surface area contributed by atoms with Crippen LogP contribution in [0.25, 0.3) is 16.9 Å². The molecule has 1 saturated heterocycles. The molecule has 1 unspecified atom stereocenters. The van der Waals surface area contributed by atoms with Crippen LogP contribution >= 0.6 is 0 Å². The van der Waals surface area contributed by atoms with Crippen molar-refractivity contribution in [2.45, 2.75) is 32.8 Å². The minimum Gasteiger partial charge on any atom is -0.453 e. The Morgan fingerprint density at radius 1 is 1.37 bits per heavy atom. The van der Waals surface area contributed by atoms with E-state index in [4.69, 9.17) is 14.5 Å². The molecule has 3 aromatic rings. The number of ether oxygens (including phenoxy) is 2. The van der Waals surface area contributed by atoms with Gasteiger partial charge in [0.15, 0.2) is 0 Å². The van der Waals surface area contributed by atoms with Gasteiger partial charge < -0.3 is 18.8 Å². The number of carbonyl (C=O) groups excluding carboxylic acids is 1. The van der Waals surface area contributed by atoms with Crippen LogP contribution in [0.3, 0.4) is 0 Å². The molecule has 0 aliphatic carbocycles. The Morgan fingerprint density at radius 2 is 2.20 bits per heavy atom. The number of fused-ring (bicyclic) bond motifs is 1. The second-order valence-electron chi connectivity index (χ2n) is 7.57. The monoisotopic (exact) mass is 411 g/mol. The molecule has 158 valence electrons. The summed E-state index contributed by atoms with van der Waals surface area (Å²) in [6.45, 7) is 5.33. The average molecular weight is 411 g/mol. The van der Waals surface area contributed by atoms with Gasteiger partial charge in [0.05, 0.1) is 37.8 Å². The number of rotatable bonds is 4. The lowest BCUT2D eigenvalue weighted by Gasteiger charge is -2.32. The highest BCUT2D eigenvalue weighted by atomic mass is 19.1. The van der Waals surface area contributed by atoms with E-state index in [1.165, 1.54) is 18.7 Å². The van der Waals surface area contributed by atoms with Gasteiger partial charge in [0.1, 0.15) is 11.5 Å². The van der Waals surface area contributed by atoms with Crippen LogP contribution in [0.5, 0.6) is 0 Å². The number of nitrogens with zero attached hydrogens (tertiary/aromatic N) is 3. The Kier molecular flexibility index (Phi) is 5.72. The van der Waals surface area contributed by atoms with E-state index >= 15 is 0 Å². The zero-order valence-electron chi connectivity index (χ0n) is 17.5. The summed E-state index contributed by atoms with van der Waals surface area (Å²) in [5.41, 5.74) is 4.78. The summed E-state index contributed by atoms with van der Waals surface area (Å²) in [4.78, 5) is 18.4. The van der Waals surface area contributed by atoms with E-state index in [1.807, 2.05) is 29.7 Å². The van der Waals surface area contributed by atoms with Crippen molar-refractivity contribution in [3.8, 4) is 11.3 Å². The Hall–Kier alpha value is -2.93. The summed E-state index contributed by atoms with van der Waals surface area (Å²) in [5, 5.41) is 0. The van der Waals surface area contributed by atoms with E-state index in [1.54, 1.807) is 11.0 Å². The number of morpholine rings is 1. The van der Waals surface area contributed by atoms with Gasteiger partial charge in [-0.2, -0.15) is 0 Å². The fraction of sp³-hybridized carbons (Fsp3) is 0.391. The number of imidazole rings is 1. The lowest BCUT2D eigenvalue weighted by molar-refractivity contribution is -0.0241. The van der Waals surface area contributed by atoms with Gasteiger partial charge in [-0.05, 0) is 42.7 Å². The number of methoxy groups -OCH3 is 1. The molecule has 4 rings (SSSR count). The van der Waals surface area contributed by atoms with Crippen LogP contribution in [-0.4, -0.2) is 53.3 Å². The second kappa shape index (κ2) is 8.44. The molecular weight excluding hydrogens is 385 g/mol. The first-order valence-corrected chi connectivity index (χ1v) is 10.2. The topological polar surface area (TPSA) is 56.1 Å². The lowest BCUT2D eigenvalue weighted by Crippen LogP contribution is -2.46. The number of aryl methyl sites for hydroxylation is 2. The maximum atomic E-state index is 14.8. The molecule has 2 aromatic heterocycles. The standard InChI is InChI=1S/C23H26FN3O3/c1-4-16-8-9-27-19(13-17-14-26(10-11-30-17)23(28)29-3)22(25-20(27)12-16)21-15(2)6-5-7-18(21)24/h5-9,12,17H,4,10-11,13-14H2,1-3H3. The van der Waals surface area contributed by atoms with Crippen LogP contribution in [0.15, 0.2) is 36.5 Å². The van der Waals surface area contributed by atoms with E-state index in [9.17, 15) is 9.18 Å². The summed E-state index contributed by atoms with van der Waals surface area (Å²) in [7, 11) is 1.38. The lowest BCUT2D eigenvalue weighted by atomic mass is 10.0. The number of pyridine rings is 1. The average Bonchev–Trinajstić information content (AvgIpc) is 3.10. The zero-order chi connectivity index (χ0) is 21.3. The van der Waals surface area contributed by atoms with Crippen LogP contribution in [-0.2, 0) is 22.3 Å². The summed E-state index contributed by atoms with van der Waals surface area (Å²) in [5.74, 6) is -0.295. The van der Waals surface area contributed by atoms with Crippen molar-refractivity contribution in [1.82, 2.24) is 14.3 Å². The summed E-state index contributed by atoms with van der Waals surface area (Å²) >= 11 is 0. The fourth-order valence-corrected chi connectivity index (χ4v) is 4.04. The number of carbonyl (C=O) groups is 1. The van der Waals surface area contributed by atoms with Gasteiger partial charge in [0.2, 0.25) is 0 Å². The molecule has 1 aliphatic rings. The van der Waals surface area contributed by atoms with Gasteiger partial charge in [-0.25, -0.2) is 14.2 Å². The maximum absolute atomic E-state index is 14.8. The Labute approximate surface area is 175 Å². The molecule has 6 nitrogen and oxygen atoms in total. The molecule has 7 heteroatoms. The SMILES string of the molecule is CCc1ccn2c(CC3CN(C(=O)OC)CCO3)c(-c3c(C)cccc3F)nc2c1. The van der Waals surface area contributed by atoms with Crippen molar-refractivity contribution in [2.75, 3.05) is 26.8 Å². The molecule has 0 bridgehead atoms. The number of amides is 1. The van der Waals surface area contributed by atoms with Crippen molar-refractivity contribution in [2.24, 2.45) is 0 Å². The van der Waals surface area contributed by atoms with E-state index in [-0.39, 0.29) is 18.0 Å². The first kappa shape index (κ1) is 20.3. The van der Waals surface area contributed by atoms with E-state index in [0.29, 0.717) is 37.4 Å². The van der Waals surface area contributed by atoms with Crippen LogP contribution < -0.4 is 0 Å². The number of benzene rings is 1. The largest absolute Gasteiger partial charge is 0.453 e. The zero-order valence-corrected chi connectivity index (χ0v) is 17.5. The summed E-state index contributed by atoms with van der Waals surface area (Å²) in [6, 6.07) is 9.14. The van der Waals surface area contributed by atoms with Crippen molar-refractivity contribution >= 4 is 11.7 Å². The van der Waals surface area contributed by atoms with Gasteiger partial charge in [-0.1, -0.05) is 19.1 Å². The Morgan fingerprint density at radius 3 is 2.93 bits per heavy atom. The molecule has 0 spiro atoms. The van der Waals surface area contributed by atoms with E-state index < -0.39 is 0 Å². The van der Waals surface area contributed by atoms with E-state index in [0.717, 1.165) is 23.3 Å². The molecule has 1 atom stereocenters. The number of halogens is 1. The first-order valence-electron chi connectivity index (χ1n) is 10.2. The van der Waals surface area contributed by atoms with Crippen LogP contribution in [0, 0.1) is 12.7 Å². The third kappa shape index (κ3) is 3.77. The third-order valence-corrected chi connectivity index (χ3v) is 5.65. The Bertz CT molecular complexity index is 1060. The van der Waals surface area contributed by atoms with Crippen molar-refractivity contribution < 1.29 is 18.7 Å². The number of aromatic nitrogens is 2. The third-order valence-electron chi connectivity index (χ3n) is 5.65. The van der Waals surface area contributed by atoms with Gasteiger partial charge >= 0.3 is 6.09 Å². The van der Waals surface area contributed by atoms with E-state index in [2.05, 4.69) is 13.0 Å². The molecule has 1 aliphatic heterocycles. The van der Waals surface area contributed by atoms with Crippen LogP contribution in [0.2, 0.25) is 0 Å². The van der Waals surface area contributed by atoms with Crippen molar-refractivity contribution in [3.05, 3.63) is 59.2 Å². The summed E-state index contributed by atoms with van der Waals surface area (Å²) in [6.07, 6.45) is 2.79. The number of hydrogen-bond acceptors (Lipinski definition) is 4. The van der Waals surface area contributed by atoms with Gasteiger partial charge in [0.25, 0.3) is 0 Å². The second-order valence-corrected chi connectivity index (χ2v) is 7.57. The fourth-order valence-electron chi connectivity index (χ4n) is 4.04. The Balaban J connectivity index is 1.78. The highest BCUT2D eigenvalue weighted by Gasteiger charge is 2.28. The molecule has 0 saturated carbocycles. The van der Waals surface area contributed by atoms with Crippen molar-refractivity contribution in [1.29, 1.82) is 0 Å². The molecule has 0 radical (unpaired) electrons. The predicted molar refractivity (Wildman–Crippen MR) is 112 cm³/mol. The van der Waals surface area contributed by atoms with Gasteiger partial charge in [0, 0.05) is 24.7 Å². The molecule has 1 fully saturated rings. The smallest absolute Gasteiger partial charge is 0.409 e. The highest BCUT2D eigenvalue weighted by Crippen LogP contribution is 2.31. The molecular formula is C23H26FN3O3. The van der Waals surface area contributed by atoms with Gasteiger partial charge in [-0.3, -0.25) is 0 Å². The predicted octanol–water partition coefficient (Wildman–Crippen LogP) is 4.02. The van der Waals surface area contributed by atoms with Crippen LogP contribution in [0.4, 0.5) is 9.18 Å². The quantitative estimate of drug-likeness (QED) is 0.651. The molecule has 1 amide bonds. The number of hydrogen-bond donors (Lipinski definition) is 0. The highest BCUT2D eigenvalue weighted by molar-refractivity contribution is 5.71. The van der Waals surface area contributed by atoms with Crippen LogP contribution in [0.1, 0.15) is 23.7 Å². The minimum absolute atomic E-state index is 0.227. The molecule has 1 aromatic carbocycles. The minimum atomic E-state index is -0.362. The normalized spacial score (nSPS) is 16.8.